The quantitative estimate of drug-likeness (QED) is 0.813. The highest BCUT2D eigenvalue weighted by molar-refractivity contribution is 7.89. The van der Waals surface area contributed by atoms with Gasteiger partial charge in [-0.05, 0) is 25.0 Å². The maximum absolute atomic E-state index is 12.7. The van der Waals surface area contributed by atoms with Crippen molar-refractivity contribution in [3.8, 4) is 0 Å². The third kappa shape index (κ3) is 3.87. The molecule has 0 radical (unpaired) electrons. The molecule has 0 N–H and O–H groups in total. The van der Waals surface area contributed by atoms with Crippen LogP contribution in [-0.2, 0) is 14.8 Å². The van der Waals surface area contributed by atoms with E-state index < -0.39 is 10.0 Å². The molecule has 0 atom stereocenters. The fraction of sp³-hybridized carbons (Fsp3) is 0.562. The van der Waals surface area contributed by atoms with Crippen LogP contribution in [0.4, 0.5) is 0 Å². The molecule has 1 aliphatic heterocycles. The molecule has 0 aliphatic carbocycles. The molecule has 1 fully saturated rings. The molecule has 0 aromatic heterocycles. The van der Waals surface area contributed by atoms with Gasteiger partial charge in [-0.25, -0.2) is 8.42 Å². The molecule has 0 saturated carbocycles. The molecule has 0 spiro atoms. The lowest BCUT2D eigenvalue weighted by Crippen LogP contribution is -2.51. The lowest BCUT2D eigenvalue weighted by Gasteiger charge is -2.35. The highest BCUT2D eigenvalue weighted by Crippen LogP contribution is 2.25. The largest absolute Gasteiger partial charge is 0.340 e. The van der Waals surface area contributed by atoms with Gasteiger partial charge < -0.3 is 4.90 Å². The fourth-order valence-corrected chi connectivity index (χ4v) is 4.75. The van der Waals surface area contributed by atoms with Gasteiger partial charge in [-0.3, -0.25) is 4.79 Å². The van der Waals surface area contributed by atoms with Crippen molar-refractivity contribution in [1.29, 1.82) is 0 Å². The van der Waals surface area contributed by atoms with Crippen LogP contribution < -0.4 is 0 Å². The van der Waals surface area contributed by atoms with E-state index in [1.54, 1.807) is 23.1 Å². The Hall–Kier alpha value is -1.11. The summed E-state index contributed by atoms with van der Waals surface area (Å²) in [5.74, 6) is 0.159. The summed E-state index contributed by atoms with van der Waals surface area (Å²) < 4.78 is 26.7. The third-order valence-corrected chi connectivity index (χ3v) is 6.74. The zero-order valence-corrected chi connectivity index (χ0v) is 15.1. The Labute approximate surface area is 143 Å². The molecule has 1 heterocycles. The van der Waals surface area contributed by atoms with Gasteiger partial charge in [0.15, 0.2) is 0 Å². The number of carbonyl (C=O) groups excluding carboxylic acids is 1. The molecule has 1 aromatic rings. The van der Waals surface area contributed by atoms with Crippen LogP contribution in [0.15, 0.2) is 29.2 Å². The number of benzene rings is 1. The van der Waals surface area contributed by atoms with Crippen LogP contribution >= 0.6 is 11.6 Å². The minimum Gasteiger partial charge on any atom is -0.340 e. The predicted octanol–water partition coefficient (Wildman–Crippen LogP) is 2.61. The highest BCUT2D eigenvalue weighted by Gasteiger charge is 2.32. The third-order valence-electron chi connectivity index (χ3n) is 4.34. The van der Waals surface area contributed by atoms with Crippen molar-refractivity contribution in [1.82, 2.24) is 9.21 Å². The highest BCUT2D eigenvalue weighted by atomic mass is 35.5. The molecule has 1 saturated heterocycles. The minimum absolute atomic E-state index is 0.0294. The van der Waals surface area contributed by atoms with Crippen molar-refractivity contribution >= 4 is 27.5 Å². The Kier molecular flexibility index (Phi) is 6.06. The summed E-state index contributed by atoms with van der Waals surface area (Å²) in [7, 11) is -3.61. The normalized spacial score (nSPS) is 16.8. The minimum atomic E-state index is -3.61. The first-order valence-corrected chi connectivity index (χ1v) is 9.77. The van der Waals surface area contributed by atoms with Gasteiger partial charge >= 0.3 is 0 Å². The molecule has 1 aliphatic rings. The molecule has 7 heteroatoms. The van der Waals surface area contributed by atoms with E-state index in [9.17, 15) is 13.2 Å². The lowest BCUT2D eigenvalue weighted by atomic mass is 10.0. The van der Waals surface area contributed by atoms with Crippen molar-refractivity contribution in [3.63, 3.8) is 0 Å². The van der Waals surface area contributed by atoms with Crippen LogP contribution in [0.1, 0.15) is 26.7 Å². The number of rotatable bonds is 5. The fourth-order valence-electron chi connectivity index (χ4n) is 2.84. The number of carbonyl (C=O) groups is 1. The van der Waals surface area contributed by atoms with Crippen LogP contribution in [0.2, 0.25) is 5.02 Å². The van der Waals surface area contributed by atoms with E-state index in [4.69, 9.17) is 11.6 Å². The molecule has 5 nitrogen and oxygen atoms in total. The van der Waals surface area contributed by atoms with Crippen LogP contribution in [0, 0.1) is 5.92 Å². The van der Waals surface area contributed by atoms with Gasteiger partial charge in [0.1, 0.15) is 4.90 Å². The van der Waals surface area contributed by atoms with Gasteiger partial charge in [0.05, 0.1) is 5.02 Å². The van der Waals surface area contributed by atoms with Gasteiger partial charge in [0.25, 0.3) is 0 Å². The molecule has 2 rings (SSSR count). The monoisotopic (exact) mass is 358 g/mol. The van der Waals surface area contributed by atoms with E-state index >= 15 is 0 Å². The van der Waals surface area contributed by atoms with Gasteiger partial charge in [0, 0.05) is 32.1 Å². The van der Waals surface area contributed by atoms with E-state index in [-0.39, 0.29) is 21.7 Å². The zero-order valence-electron chi connectivity index (χ0n) is 13.5. The second-order valence-electron chi connectivity index (χ2n) is 5.67. The topological polar surface area (TPSA) is 57.7 Å². The number of piperazine rings is 1. The summed E-state index contributed by atoms with van der Waals surface area (Å²) in [6.07, 6.45) is 1.63. The summed E-state index contributed by atoms with van der Waals surface area (Å²) in [6.45, 7) is 5.48. The molecular formula is C16H23ClN2O3S. The molecule has 23 heavy (non-hydrogen) atoms. The Morgan fingerprint density at radius 2 is 1.70 bits per heavy atom. The Morgan fingerprint density at radius 1 is 1.13 bits per heavy atom. The summed E-state index contributed by atoms with van der Waals surface area (Å²) in [5.41, 5.74) is 0. The Balaban J connectivity index is 2.07. The lowest BCUT2D eigenvalue weighted by molar-refractivity contribution is -0.136. The summed E-state index contributed by atoms with van der Waals surface area (Å²) in [4.78, 5) is 14.3. The first-order valence-electron chi connectivity index (χ1n) is 7.95. The SMILES string of the molecule is CCC(CC)C(=O)N1CCN(S(=O)(=O)c2ccccc2Cl)CC1. The Bertz CT molecular complexity index is 651. The number of sulfonamides is 1. The van der Waals surface area contributed by atoms with Gasteiger partial charge in [-0.1, -0.05) is 37.6 Å². The molecule has 1 amide bonds. The summed E-state index contributed by atoms with van der Waals surface area (Å²) >= 11 is 6.02. The molecular weight excluding hydrogens is 336 g/mol. The van der Waals surface area contributed by atoms with Crippen LogP contribution in [0.3, 0.4) is 0 Å². The Morgan fingerprint density at radius 3 is 2.22 bits per heavy atom. The number of nitrogens with zero attached hydrogens (tertiary/aromatic N) is 2. The summed E-state index contributed by atoms with van der Waals surface area (Å²) in [6, 6.07) is 6.44. The van der Waals surface area contributed by atoms with Crippen molar-refractivity contribution in [2.75, 3.05) is 26.2 Å². The number of amides is 1. The van der Waals surface area contributed by atoms with E-state index in [1.165, 1.54) is 10.4 Å². The number of hydrogen-bond acceptors (Lipinski definition) is 3. The maximum Gasteiger partial charge on any atom is 0.244 e. The average Bonchev–Trinajstić information content (AvgIpc) is 2.56. The van der Waals surface area contributed by atoms with E-state index in [2.05, 4.69) is 0 Å². The average molecular weight is 359 g/mol. The molecule has 128 valence electrons. The first-order chi connectivity index (χ1) is 10.9. The van der Waals surface area contributed by atoms with Crippen molar-refractivity contribution < 1.29 is 13.2 Å². The van der Waals surface area contributed by atoms with Gasteiger partial charge in [-0.2, -0.15) is 4.31 Å². The van der Waals surface area contributed by atoms with Crippen molar-refractivity contribution in [2.24, 2.45) is 5.92 Å². The second kappa shape index (κ2) is 7.64. The zero-order chi connectivity index (χ0) is 17.0. The van der Waals surface area contributed by atoms with Crippen molar-refractivity contribution in [2.45, 2.75) is 31.6 Å². The van der Waals surface area contributed by atoms with E-state index in [1.807, 2.05) is 13.8 Å². The summed E-state index contributed by atoms with van der Waals surface area (Å²) in [5, 5.41) is 0.225. The van der Waals surface area contributed by atoms with Gasteiger partial charge in [0.2, 0.25) is 15.9 Å². The molecule has 1 aromatic carbocycles. The van der Waals surface area contributed by atoms with Crippen LogP contribution in [-0.4, -0.2) is 49.7 Å². The standard InChI is InChI=1S/C16H23ClN2O3S/c1-3-13(4-2)16(20)18-9-11-19(12-10-18)23(21,22)15-8-6-5-7-14(15)17/h5-8,13H,3-4,9-12H2,1-2H3. The van der Waals surface area contributed by atoms with Crippen LogP contribution in [0.25, 0.3) is 0 Å². The predicted molar refractivity (Wildman–Crippen MR) is 90.9 cm³/mol. The second-order valence-corrected chi connectivity index (χ2v) is 7.99. The molecule has 0 bridgehead atoms. The van der Waals surface area contributed by atoms with Crippen LogP contribution in [0.5, 0.6) is 0 Å². The molecule has 0 unspecified atom stereocenters. The first kappa shape index (κ1) is 18.2. The number of hydrogen-bond donors (Lipinski definition) is 0. The maximum atomic E-state index is 12.7. The smallest absolute Gasteiger partial charge is 0.244 e. The van der Waals surface area contributed by atoms with E-state index in [0.717, 1.165) is 12.8 Å². The van der Waals surface area contributed by atoms with E-state index in [0.29, 0.717) is 26.2 Å². The number of halogens is 1. The van der Waals surface area contributed by atoms with Gasteiger partial charge in [-0.15, -0.1) is 0 Å². The van der Waals surface area contributed by atoms with Crippen molar-refractivity contribution in [3.05, 3.63) is 29.3 Å².